The Morgan fingerprint density at radius 2 is 2.10 bits per heavy atom. The molecule has 3 unspecified atom stereocenters. The van der Waals surface area contributed by atoms with E-state index in [1.54, 1.807) is 11.8 Å². The van der Waals surface area contributed by atoms with Crippen LogP contribution < -0.4 is 5.32 Å². The summed E-state index contributed by atoms with van der Waals surface area (Å²) in [5.41, 5.74) is 0. The zero-order valence-electron chi connectivity index (χ0n) is 13.3. The van der Waals surface area contributed by atoms with Gasteiger partial charge in [-0.25, -0.2) is 0 Å². The molecule has 2 aliphatic rings. The second-order valence-corrected chi connectivity index (χ2v) is 5.90. The fourth-order valence-electron chi connectivity index (χ4n) is 3.02. The van der Waals surface area contributed by atoms with Crippen molar-refractivity contribution in [3.63, 3.8) is 0 Å². The Morgan fingerprint density at radius 3 is 2.76 bits per heavy atom. The normalized spacial score (nSPS) is 31.4. The minimum atomic E-state index is -0.411. The molecule has 0 aromatic carbocycles. The number of nitrogens with zero attached hydrogens (tertiary/aromatic N) is 2. The standard InChI is InChI=1S/C15H27N3O3/c1-4-6-13-15(20)18(11(3)14(19)16-13)10-12-9-17(5-2)7-8-21-12/h11-13H,4-10H2,1-3H3,(H,16,19). The van der Waals surface area contributed by atoms with Crippen molar-refractivity contribution in [3.05, 3.63) is 0 Å². The van der Waals surface area contributed by atoms with Crippen LogP contribution in [0, 0.1) is 0 Å². The van der Waals surface area contributed by atoms with E-state index in [1.807, 2.05) is 6.92 Å². The van der Waals surface area contributed by atoms with Gasteiger partial charge < -0.3 is 15.0 Å². The zero-order valence-corrected chi connectivity index (χ0v) is 13.3. The van der Waals surface area contributed by atoms with Gasteiger partial charge in [-0.1, -0.05) is 20.3 Å². The Labute approximate surface area is 126 Å². The van der Waals surface area contributed by atoms with Crippen LogP contribution in [0.15, 0.2) is 0 Å². The van der Waals surface area contributed by atoms with Crippen LogP contribution in [0.3, 0.4) is 0 Å². The number of likely N-dealkylation sites (N-methyl/N-ethyl adjacent to an activating group) is 1. The van der Waals surface area contributed by atoms with E-state index < -0.39 is 6.04 Å². The molecule has 2 heterocycles. The molecule has 6 heteroatoms. The number of carbonyl (C=O) groups excluding carboxylic acids is 2. The first kappa shape index (κ1) is 16.2. The molecule has 0 aliphatic carbocycles. The van der Waals surface area contributed by atoms with Gasteiger partial charge in [0, 0.05) is 19.6 Å². The van der Waals surface area contributed by atoms with E-state index in [9.17, 15) is 9.59 Å². The van der Waals surface area contributed by atoms with Crippen molar-refractivity contribution in [2.75, 3.05) is 32.8 Å². The number of morpholine rings is 1. The predicted molar refractivity (Wildman–Crippen MR) is 79.9 cm³/mol. The van der Waals surface area contributed by atoms with E-state index in [4.69, 9.17) is 4.74 Å². The Morgan fingerprint density at radius 1 is 1.33 bits per heavy atom. The van der Waals surface area contributed by atoms with Gasteiger partial charge in [-0.2, -0.15) is 0 Å². The molecular formula is C15H27N3O3. The second-order valence-electron chi connectivity index (χ2n) is 5.90. The van der Waals surface area contributed by atoms with Crippen LogP contribution in [0.5, 0.6) is 0 Å². The monoisotopic (exact) mass is 297 g/mol. The number of amides is 2. The first-order valence-corrected chi connectivity index (χ1v) is 8.01. The predicted octanol–water partition coefficient (Wildman–Crippen LogP) is 0.223. The highest BCUT2D eigenvalue weighted by Gasteiger charge is 2.39. The van der Waals surface area contributed by atoms with Crippen LogP contribution in [-0.2, 0) is 14.3 Å². The van der Waals surface area contributed by atoms with Gasteiger partial charge in [-0.05, 0) is 19.9 Å². The van der Waals surface area contributed by atoms with E-state index in [0.717, 1.165) is 26.1 Å². The molecule has 2 fully saturated rings. The maximum atomic E-state index is 12.5. The summed E-state index contributed by atoms with van der Waals surface area (Å²) in [4.78, 5) is 28.6. The molecule has 3 atom stereocenters. The van der Waals surface area contributed by atoms with Crippen molar-refractivity contribution in [1.82, 2.24) is 15.1 Å². The topological polar surface area (TPSA) is 61.9 Å². The Bertz CT molecular complexity index is 388. The third-order valence-electron chi connectivity index (χ3n) is 4.39. The fraction of sp³-hybridized carbons (Fsp3) is 0.867. The summed E-state index contributed by atoms with van der Waals surface area (Å²) in [7, 11) is 0. The van der Waals surface area contributed by atoms with Crippen LogP contribution in [0.25, 0.3) is 0 Å². The van der Waals surface area contributed by atoms with Crippen molar-refractivity contribution in [3.8, 4) is 0 Å². The Kier molecular flexibility index (Phi) is 5.58. The molecule has 2 saturated heterocycles. The maximum absolute atomic E-state index is 12.5. The largest absolute Gasteiger partial charge is 0.374 e. The van der Waals surface area contributed by atoms with Gasteiger partial charge in [0.25, 0.3) is 0 Å². The lowest BCUT2D eigenvalue weighted by molar-refractivity contribution is -0.152. The fourth-order valence-corrected chi connectivity index (χ4v) is 3.02. The van der Waals surface area contributed by atoms with Crippen molar-refractivity contribution in [2.24, 2.45) is 0 Å². The molecule has 0 bridgehead atoms. The molecule has 0 saturated carbocycles. The van der Waals surface area contributed by atoms with Crippen LogP contribution in [0.1, 0.15) is 33.6 Å². The molecule has 1 N–H and O–H groups in total. The molecule has 0 spiro atoms. The molecule has 2 aliphatic heterocycles. The molecule has 21 heavy (non-hydrogen) atoms. The molecule has 2 amide bonds. The Balaban J connectivity index is 2.01. The maximum Gasteiger partial charge on any atom is 0.245 e. The highest BCUT2D eigenvalue weighted by molar-refractivity contribution is 5.96. The number of carbonyl (C=O) groups is 2. The number of rotatable bonds is 5. The smallest absolute Gasteiger partial charge is 0.245 e. The third kappa shape index (κ3) is 3.74. The Hall–Kier alpha value is -1.14. The van der Waals surface area contributed by atoms with Crippen molar-refractivity contribution in [2.45, 2.75) is 51.8 Å². The van der Waals surface area contributed by atoms with Crippen LogP contribution in [0.4, 0.5) is 0 Å². The van der Waals surface area contributed by atoms with Gasteiger partial charge in [0.1, 0.15) is 12.1 Å². The highest BCUT2D eigenvalue weighted by atomic mass is 16.5. The molecule has 0 aromatic rings. The summed E-state index contributed by atoms with van der Waals surface area (Å²) in [5, 5.41) is 2.82. The van der Waals surface area contributed by atoms with Gasteiger partial charge >= 0.3 is 0 Å². The minimum absolute atomic E-state index is 0.00160. The summed E-state index contributed by atoms with van der Waals surface area (Å²) in [6.07, 6.45) is 1.57. The first-order chi connectivity index (χ1) is 10.1. The van der Waals surface area contributed by atoms with Crippen molar-refractivity contribution >= 4 is 11.8 Å². The number of nitrogens with one attached hydrogen (secondary N) is 1. The number of hydrogen-bond acceptors (Lipinski definition) is 4. The van der Waals surface area contributed by atoms with E-state index >= 15 is 0 Å². The van der Waals surface area contributed by atoms with E-state index in [-0.39, 0.29) is 24.0 Å². The molecule has 2 rings (SSSR count). The van der Waals surface area contributed by atoms with Gasteiger partial charge in [0.2, 0.25) is 11.8 Å². The van der Waals surface area contributed by atoms with Crippen LogP contribution >= 0.6 is 0 Å². The van der Waals surface area contributed by atoms with Gasteiger partial charge in [0.15, 0.2) is 0 Å². The number of piperazine rings is 1. The molecule has 0 aromatic heterocycles. The van der Waals surface area contributed by atoms with Crippen molar-refractivity contribution < 1.29 is 14.3 Å². The SMILES string of the molecule is CCCC1NC(=O)C(C)N(CC2CN(CC)CCO2)C1=O. The van der Waals surface area contributed by atoms with E-state index in [2.05, 4.69) is 17.1 Å². The first-order valence-electron chi connectivity index (χ1n) is 8.01. The van der Waals surface area contributed by atoms with Gasteiger partial charge in [0.05, 0.1) is 12.7 Å². The lowest BCUT2D eigenvalue weighted by atomic mass is 10.0. The average molecular weight is 297 g/mol. The van der Waals surface area contributed by atoms with Gasteiger partial charge in [-0.15, -0.1) is 0 Å². The summed E-state index contributed by atoms with van der Waals surface area (Å²) in [6.45, 7) is 9.89. The lowest BCUT2D eigenvalue weighted by Crippen LogP contribution is -2.64. The summed E-state index contributed by atoms with van der Waals surface area (Å²) < 4.78 is 5.77. The van der Waals surface area contributed by atoms with Crippen LogP contribution in [0.2, 0.25) is 0 Å². The summed E-state index contributed by atoms with van der Waals surface area (Å²) >= 11 is 0. The highest BCUT2D eigenvalue weighted by Crippen LogP contribution is 2.16. The van der Waals surface area contributed by atoms with E-state index in [1.165, 1.54) is 0 Å². The quantitative estimate of drug-likeness (QED) is 0.789. The van der Waals surface area contributed by atoms with Crippen molar-refractivity contribution in [1.29, 1.82) is 0 Å². The second kappa shape index (κ2) is 7.22. The third-order valence-corrected chi connectivity index (χ3v) is 4.39. The zero-order chi connectivity index (χ0) is 15.4. The molecule has 120 valence electrons. The molecular weight excluding hydrogens is 270 g/mol. The summed E-state index contributed by atoms with van der Waals surface area (Å²) in [5.74, 6) is -0.0302. The number of ether oxygens (including phenoxy) is 1. The van der Waals surface area contributed by atoms with E-state index in [0.29, 0.717) is 19.6 Å². The molecule has 6 nitrogen and oxygen atoms in total. The lowest BCUT2D eigenvalue weighted by Gasteiger charge is -2.41. The van der Waals surface area contributed by atoms with Gasteiger partial charge in [-0.3, -0.25) is 14.5 Å². The molecule has 0 radical (unpaired) electrons. The average Bonchev–Trinajstić information content (AvgIpc) is 2.49. The van der Waals surface area contributed by atoms with Crippen LogP contribution in [-0.4, -0.2) is 72.6 Å². The summed E-state index contributed by atoms with van der Waals surface area (Å²) in [6, 6.07) is -0.782. The minimum Gasteiger partial charge on any atom is -0.374 e. The number of hydrogen-bond donors (Lipinski definition) is 1.